The predicted molar refractivity (Wildman–Crippen MR) is 77.2 cm³/mol. The number of hydrogen-bond donors (Lipinski definition) is 2. The molecule has 2 N–H and O–H groups in total. The van der Waals surface area contributed by atoms with Crippen molar-refractivity contribution >= 4 is 5.97 Å². The van der Waals surface area contributed by atoms with Gasteiger partial charge >= 0.3 is 11.7 Å². The molecule has 0 saturated carbocycles. The number of ether oxygens (including phenoxy) is 1. The standard InChI is InChI=1S/C15H16N2O4/c1-3-10(8-7-9(2)14(18)19)21-13-11-5-4-6-12(11)16-15(20)17-13/h3,7-8H,2,4-6H2,1H3,(H,18,19)(H,16,17,20)/b8-7-,10-3+. The van der Waals surface area contributed by atoms with Crippen molar-refractivity contribution in [2.24, 2.45) is 0 Å². The molecule has 6 nitrogen and oxygen atoms in total. The Morgan fingerprint density at radius 1 is 1.43 bits per heavy atom. The zero-order valence-electron chi connectivity index (χ0n) is 11.7. The maximum Gasteiger partial charge on any atom is 0.348 e. The van der Waals surface area contributed by atoms with Gasteiger partial charge in [-0.3, -0.25) is 0 Å². The minimum absolute atomic E-state index is 0.0537. The smallest absolute Gasteiger partial charge is 0.348 e. The number of hydrogen-bond acceptors (Lipinski definition) is 4. The molecule has 0 unspecified atom stereocenters. The van der Waals surface area contributed by atoms with Crippen LogP contribution in [0.1, 0.15) is 24.6 Å². The summed E-state index contributed by atoms with van der Waals surface area (Å²) in [6, 6.07) is 0. The average molecular weight is 288 g/mol. The van der Waals surface area contributed by atoms with Crippen molar-refractivity contribution in [3.05, 3.63) is 57.9 Å². The van der Waals surface area contributed by atoms with Crippen LogP contribution in [0.25, 0.3) is 0 Å². The molecule has 0 saturated heterocycles. The van der Waals surface area contributed by atoms with Crippen LogP contribution in [0.2, 0.25) is 0 Å². The van der Waals surface area contributed by atoms with Crippen molar-refractivity contribution in [1.82, 2.24) is 9.97 Å². The van der Waals surface area contributed by atoms with E-state index in [2.05, 4.69) is 16.5 Å². The fourth-order valence-corrected chi connectivity index (χ4v) is 2.07. The molecule has 2 rings (SSSR count). The van der Waals surface area contributed by atoms with Gasteiger partial charge in [-0.15, -0.1) is 0 Å². The number of H-pyrrole nitrogens is 1. The average Bonchev–Trinajstić information content (AvgIpc) is 2.90. The molecule has 1 aliphatic rings. The van der Waals surface area contributed by atoms with Gasteiger partial charge in [0.1, 0.15) is 5.76 Å². The lowest BCUT2D eigenvalue weighted by molar-refractivity contribution is -0.132. The number of aromatic amines is 1. The van der Waals surface area contributed by atoms with Crippen LogP contribution in [-0.2, 0) is 17.6 Å². The van der Waals surface area contributed by atoms with E-state index in [1.807, 2.05) is 0 Å². The summed E-state index contributed by atoms with van der Waals surface area (Å²) in [7, 11) is 0. The number of rotatable bonds is 5. The van der Waals surface area contributed by atoms with Crippen LogP contribution < -0.4 is 10.4 Å². The van der Waals surface area contributed by atoms with Gasteiger partial charge in [-0.2, -0.15) is 4.98 Å². The molecule has 1 aliphatic carbocycles. The van der Waals surface area contributed by atoms with Crippen molar-refractivity contribution in [3.8, 4) is 5.88 Å². The van der Waals surface area contributed by atoms with Crippen molar-refractivity contribution in [3.63, 3.8) is 0 Å². The Morgan fingerprint density at radius 2 is 2.19 bits per heavy atom. The molecule has 0 aliphatic heterocycles. The van der Waals surface area contributed by atoms with E-state index in [0.717, 1.165) is 30.5 Å². The molecule has 0 spiro atoms. The molecule has 0 amide bonds. The number of aliphatic carboxylic acids is 1. The highest BCUT2D eigenvalue weighted by Gasteiger charge is 2.19. The Kier molecular flexibility index (Phi) is 4.37. The molecule has 0 radical (unpaired) electrons. The molecule has 110 valence electrons. The van der Waals surface area contributed by atoms with Crippen LogP contribution in [0.5, 0.6) is 5.88 Å². The predicted octanol–water partition coefficient (Wildman–Crippen LogP) is 1.74. The number of allylic oxidation sites excluding steroid dienone is 2. The second-order valence-electron chi connectivity index (χ2n) is 4.61. The quantitative estimate of drug-likeness (QED) is 0.489. The lowest BCUT2D eigenvalue weighted by Gasteiger charge is -2.09. The number of aryl methyl sites for hydroxylation is 1. The normalized spacial score (nSPS) is 14.2. The summed E-state index contributed by atoms with van der Waals surface area (Å²) in [6.07, 6.45) is 7.04. The Hall–Kier alpha value is -2.63. The maximum absolute atomic E-state index is 11.5. The van der Waals surface area contributed by atoms with Gasteiger partial charge in [0.05, 0.1) is 5.57 Å². The van der Waals surface area contributed by atoms with Gasteiger partial charge in [0.2, 0.25) is 5.88 Å². The summed E-state index contributed by atoms with van der Waals surface area (Å²) in [5, 5.41) is 8.75. The second kappa shape index (κ2) is 6.21. The SMILES string of the molecule is C=C(/C=C\C(=C/C)Oc1nc(=O)[nH]c2c1CCC2)C(=O)O. The number of nitrogens with zero attached hydrogens (tertiary/aromatic N) is 1. The first-order valence-corrected chi connectivity index (χ1v) is 6.57. The number of carboxylic acid groups (broad SMARTS) is 1. The molecule has 0 fully saturated rings. The van der Waals surface area contributed by atoms with Crippen molar-refractivity contribution in [2.75, 3.05) is 0 Å². The summed E-state index contributed by atoms with van der Waals surface area (Å²) >= 11 is 0. The Balaban J connectivity index is 2.23. The number of nitrogens with one attached hydrogen (secondary N) is 1. The molecule has 0 bridgehead atoms. The highest BCUT2D eigenvalue weighted by molar-refractivity contribution is 5.89. The first kappa shape index (κ1) is 14.8. The zero-order valence-corrected chi connectivity index (χ0v) is 11.7. The molecule has 0 atom stereocenters. The highest BCUT2D eigenvalue weighted by Crippen LogP contribution is 2.27. The Labute approximate surface area is 121 Å². The minimum atomic E-state index is -1.10. The molecule has 6 heteroatoms. The number of fused-ring (bicyclic) bond motifs is 1. The van der Waals surface area contributed by atoms with Crippen molar-refractivity contribution in [2.45, 2.75) is 26.2 Å². The van der Waals surface area contributed by atoms with E-state index in [4.69, 9.17) is 9.84 Å². The summed E-state index contributed by atoms with van der Waals surface area (Å²) in [5.41, 5.74) is 1.26. The monoisotopic (exact) mass is 288 g/mol. The van der Waals surface area contributed by atoms with E-state index in [1.54, 1.807) is 13.0 Å². The molecular formula is C15H16N2O4. The summed E-state index contributed by atoms with van der Waals surface area (Å²) < 4.78 is 5.63. The largest absolute Gasteiger partial charge is 0.478 e. The molecular weight excluding hydrogens is 272 g/mol. The zero-order chi connectivity index (χ0) is 15.4. The third-order valence-electron chi connectivity index (χ3n) is 3.16. The van der Waals surface area contributed by atoms with Crippen molar-refractivity contribution < 1.29 is 14.6 Å². The first-order chi connectivity index (χ1) is 10.0. The van der Waals surface area contributed by atoms with Gasteiger partial charge in [0, 0.05) is 11.3 Å². The minimum Gasteiger partial charge on any atom is -0.478 e. The van der Waals surface area contributed by atoms with Crippen LogP contribution in [0, 0.1) is 0 Å². The number of carbonyl (C=O) groups is 1. The van der Waals surface area contributed by atoms with Gasteiger partial charge in [-0.25, -0.2) is 9.59 Å². The molecule has 1 aromatic rings. The Bertz CT molecular complexity index is 698. The van der Waals surface area contributed by atoms with Crippen LogP contribution in [0.15, 0.2) is 40.9 Å². The topological polar surface area (TPSA) is 92.3 Å². The van der Waals surface area contributed by atoms with Gasteiger partial charge in [0.25, 0.3) is 0 Å². The Morgan fingerprint density at radius 3 is 2.86 bits per heavy atom. The van der Waals surface area contributed by atoms with Crippen molar-refractivity contribution in [1.29, 1.82) is 0 Å². The molecule has 0 aromatic carbocycles. The van der Waals surface area contributed by atoms with E-state index in [0.29, 0.717) is 5.76 Å². The number of aromatic nitrogens is 2. The van der Waals surface area contributed by atoms with Crippen LogP contribution in [-0.4, -0.2) is 21.0 Å². The van der Waals surface area contributed by atoms with E-state index in [1.165, 1.54) is 12.2 Å². The first-order valence-electron chi connectivity index (χ1n) is 6.57. The van der Waals surface area contributed by atoms with E-state index in [9.17, 15) is 9.59 Å². The summed E-state index contributed by atoms with van der Waals surface area (Å²) in [6.45, 7) is 5.15. The fraction of sp³-hybridized carbons (Fsp3) is 0.267. The van der Waals surface area contributed by atoms with E-state index >= 15 is 0 Å². The number of carboxylic acids is 1. The van der Waals surface area contributed by atoms with E-state index < -0.39 is 11.7 Å². The van der Waals surface area contributed by atoms with Gasteiger partial charge in [-0.1, -0.05) is 6.58 Å². The van der Waals surface area contributed by atoms with Crippen LogP contribution >= 0.6 is 0 Å². The van der Waals surface area contributed by atoms with Crippen LogP contribution in [0.3, 0.4) is 0 Å². The third kappa shape index (κ3) is 3.47. The summed E-state index contributed by atoms with van der Waals surface area (Å²) in [5.74, 6) is -0.411. The van der Waals surface area contributed by atoms with E-state index in [-0.39, 0.29) is 11.5 Å². The molecule has 1 heterocycles. The fourth-order valence-electron chi connectivity index (χ4n) is 2.07. The lowest BCUT2D eigenvalue weighted by atomic mass is 10.2. The molecule has 21 heavy (non-hydrogen) atoms. The van der Waals surface area contributed by atoms with Gasteiger partial charge in [-0.05, 0) is 44.4 Å². The maximum atomic E-state index is 11.5. The highest BCUT2D eigenvalue weighted by atomic mass is 16.5. The van der Waals surface area contributed by atoms with Gasteiger partial charge in [0.15, 0.2) is 0 Å². The third-order valence-corrected chi connectivity index (χ3v) is 3.16. The second-order valence-corrected chi connectivity index (χ2v) is 4.61. The van der Waals surface area contributed by atoms with Gasteiger partial charge < -0.3 is 14.8 Å². The van der Waals surface area contributed by atoms with Crippen LogP contribution in [0.4, 0.5) is 0 Å². The molecule has 1 aromatic heterocycles. The summed E-state index contributed by atoms with van der Waals surface area (Å²) in [4.78, 5) is 28.7. The lowest BCUT2D eigenvalue weighted by Crippen LogP contribution is -2.15.